The molecule has 6 nitrogen and oxygen atoms in total. The molecule has 6 heteroatoms. The summed E-state index contributed by atoms with van der Waals surface area (Å²) in [6.07, 6.45) is 1.63. The number of benzene rings is 1. The summed E-state index contributed by atoms with van der Waals surface area (Å²) in [6, 6.07) is 10.4. The average molecular weight is 323 g/mol. The van der Waals surface area contributed by atoms with Crippen molar-refractivity contribution in [3.63, 3.8) is 0 Å². The summed E-state index contributed by atoms with van der Waals surface area (Å²) in [5, 5.41) is 0.342. The van der Waals surface area contributed by atoms with Crippen LogP contribution in [0.5, 0.6) is 0 Å². The number of para-hydroxylation sites is 2. The maximum Gasteiger partial charge on any atom is 0.339 e. The SMILES string of the molecule is CCOC(=O)c1cc2c(=O)n(-c3ccccc3N)ccc2nc1C. The van der Waals surface area contributed by atoms with Crippen molar-refractivity contribution in [2.45, 2.75) is 13.8 Å². The number of carbonyl (C=O) groups excluding carboxylic acids is 1. The van der Waals surface area contributed by atoms with Crippen LogP contribution in [0.2, 0.25) is 0 Å². The molecule has 2 heterocycles. The monoisotopic (exact) mass is 323 g/mol. The van der Waals surface area contributed by atoms with Crippen LogP contribution in [-0.2, 0) is 4.74 Å². The highest BCUT2D eigenvalue weighted by atomic mass is 16.5. The fourth-order valence-corrected chi connectivity index (χ4v) is 2.58. The lowest BCUT2D eigenvalue weighted by Crippen LogP contribution is -2.20. The van der Waals surface area contributed by atoms with Gasteiger partial charge in [0.2, 0.25) is 0 Å². The minimum Gasteiger partial charge on any atom is -0.462 e. The van der Waals surface area contributed by atoms with Crippen LogP contribution in [-0.4, -0.2) is 22.1 Å². The van der Waals surface area contributed by atoms with Crippen molar-refractivity contribution in [1.29, 1.82) is 0 Å². The number of nitrogens with two attached hydrogens (primary N) is 1. The highest BCUT2D eigenvalue weighted by Crippen LogP contribution is 2.18. The van der Waals surface area contributed by atoms with E-state index in [1.165, 1.54) is 10.6 Å². The Morgan fingerprint density at radius 1 is 1.29 bits per heavy atom. The molecule has 1 aromatic carbocycles. The molecule has 0 fully saturated rings. The van der Waals surface area contributed by atoms with E-state index in [0.717, 1.165) is 0 Å². The molecule has 0 aliphatic heterocycles. The smallest absolute Gasteiger partial charge is 0.339 e. The topological polar surface area (TPSA) is 87.2 Å². The molecule has 0 saturated heterocycles. The van der Waals surface area contributed by atoms with Gasteiger partial charge in [-0.1, -0.05) is 12.1 Å². The first-order chi connectivity index (χ1) is 11.5. The molecule has 0 radical (unpaired) electrons. The Morgan fingerprint density at radius 3 is 2.75 bits per heavy atom. The molecule has 0 aliphatic rings. The van der Waals surface area contributed by atoms with Crippen molar-refractivity contribution in [2.24, 2.45) is 0 Å². The maximum atomic E-state index is 12.8. The summed E-state index contributed by atoms with van der Waals surface area (Å²) in [5.74, 6) is -0.488. The van der Waals surface area contributed by atoms with Gasteiger partial charge in [-0.25, -0.2) is 4.79 Å². The number of pyridine rings is 2. The van der Waals surface area contributed by atoms with Gasteiger partial charge >= 0.3 is 5.97 Å². The van der Waals surface area contributed by atoms with E-state index in [2.05, 4.69) is 4.98 Å². The zero-order valence-electron chi connectivity index (χ0n) is 13.4. The predicted octanol–water partition coefficient (Wildman–Crippen LogP) is 2.45. The summed E-state index contributed by atoms with van der Waals surface area (Å²) < 4.78 is 6.47. The van der Waals surface area contributed by atoms with Gasteiger partial charge < -0.3 is 10.5 Å². The number of anilines is 1. The largest absolute Gasteiger partial charge is 0.462 e. The average Bonchev–Trinajstić information content (AvgIpc) is 2.56. The number of aromatic nitrogens is 2. The molecular weight excluding hydrogens is 306 g/mol. The molecule has 24 heavy (non-hydrogen) atoms. The van der Waals surface area contributed by atoms with E-state index in [-0.39, 0.29) is 12.2 Å². The molecule has 2 N–H and O–H groups in total. The number of ether oxygens (including phenoxy) is 1. The van der Waals surface area contributed by atoms with Gasteiger partial charge in [-0.15, -0.1) is 0 Å². The third-order valence-corrected chi connectivity index (χ3v) is 3.76. The molecule has 3 aromatic rings. The Morgan fingerprint density at radius 2 is 2.04 bits per heavy atom. The molecule has 0 unspecified atom stereocenters. The summed E-state index contributed by atoms with van der Waals surface area (Å²) in [6.45, 7) is 3.70. The molecule has 0 bridgehead atoms. The van der Waals surface area contributed by atoms with Crippen LogP contribution < -0.4 is 11.3 Å². The summed E-state index contributed by atoms with van der Waals surface area (Å²) in [4.78, 5) is 29.2. The van der Waals surface area contributed by atoms with E-state index in [1.807, 2.05) is 0 Å². The quantitative estimate of drug-likeness (QED) is 0.591. The van der Waals surface area contributed by atoms with Gasteiger partial charge in [0, 0.05) is 6.20 Å². The molecule has 0 aliphatic carbocycles. The van der Waals surface area contributed by atoms with E-state index < -0.39 is 5.97 Å². The van der Waals surface area contributed by atoms with E-state index in [4.69, 9.17) is 10.5 Å². The number of carbonyl (C=O) groups is 1. The van der Waals surface area contributed by atoms with Crippen molar-refractivity contribution in [3.8, 4) is 5.69 Å². The minimum atomic E-state index is -0.488. The number of aryl methyl sites for hydroxylation is 1. The number of fused-ring (bicyclic) bond motifs is 1. The Kier molecular flexibility index (Phi) is 4.04. The van der Waals surface area contributed by atoms with Gasteiger partial charge in [0.05, 0.1) is 40.1 Å². The van der Waals surface area contributed by atoms with Crippen molar-refractivity contribution in [2.75, 3.05) is 12.3 Å². The van der Waals surface area contributed by atoms with Crippen LogP contribution in [0.4, 0.5) is 5.69 Å². The molecule has 122 valence electrons. The number of nitrogens with zero attached hydrogens (tertiary/aromatic N) is 2. The minimum absolute atomic E-state index is 0.260. The Bertz CT molecular complexity index is 992. The van der Waals surface area contributed by atoms with Crippen LogP contribution in [0.15, 0.2) is 47.4 Å². The zero-order chi connectivity index (χ0) is 17.3. The van der Waals surface area contributed by atoms with Crippen LogP contribution in [0.1, 0.15) is 23.0 Å². The fourth-order valence-electron chi connectivity index (χ4n) is 2.58. The number of esters is 1. The van der Waals surface area contributed by atoms with Crippen molar-refractivity contribution < 1.29 is 9.53 Å². The van der Waals surface area contributed by atoms with Crippen molar-refractivity contribution in [3.05, 3.63) is 64.2 Å². The van der Waals surface area contributed by atoms with E-state index in [9.17, 15) is 9.59 Å². The fraction of sp³-hybridized carbons (Fsp3) is 0.167. The van der Waals surface area contributed by atoms with E-state index in [0.29, 0.717) is 33.5 Å². The molecular formula is C18H17N3O3. The lowest BCUT2D eigenvalue weighted by atomic mass is 10.1. The maximum absolute atomic E-state index is 12.8. The molecule has 0 spiro atoms. The Balaban J connectivity index is 2.25. The van der Waals surface area contributed by atoms with Gasteiger partial charge in [-0.3, -0.25) is 14.3 Å². The van der Waals surface area contributed by atoms with E-state index in [1.54, 1.807) is 50.4 Å². The lowest BCUT2D eigenvalue weighted by molar-refractivity contribution is 0.0525. The predicted molar refractivity (Wildman–Crippen MR) is 92.4 cm³/mol. The van der Waals surface area contributed by atoms with Crippen molar-refractivity contribution >= 4 is 22.6 Å². The molecule has 2 aromatic heterocycles. The molecule has 0 atom stereocenters. The van der Waals surface area contributed by atoms with Crippen LogP contribution in [0.25, 0.3) is 16.6 Å². The number of hydrogen-bond donors (Lipinski definition) is 1. The number of nitrogen functional groups attached to an aromatic ring is 1. The highest BCUT2D eigenvalue weighted by Gasteiger charge is 2.15. The zero-order valence-corrected chi connectivity index (χ0v) is 13.4. The standard InChI is InChI=1S/C18H17N3O3/c1-3-24-18(23)12-10-13-15(20-11(12)2)8-9-21(17(13)22)16-7-5-4-6-14(16)19/h4-10H,3,19H2,1-2H3. The first-order valence-electron chi connectivity index (χ1n) is 7.58. The molecule has 0 amide bonds. The third-order valence-electron chi connectivity index (χ3n) is 3.76. The Labute approximate surface area is 138 Å². The van der Waals surface area contributed by atoms with Crippen LogP contribution in [0.3, 0.4) is 0 Å². The van der Waals surface area contributed by atoms with Crippen molar-refractivity contribution in [1.82, 2.24) is 9.55 Å². The van der Waals surface area contributed by atoms with Gasteiger partial charge in [0.15, 0.2) is 0 Å². The second-order valence-corrected chi connectivity index (χ2v) is 5.32. The highest BCUT2D eigenvalue weighted by molar-refractivity contribution is 5.95. The number of rotatable bonds is 3. The second kappa shape index (κ2) is 6.16. The molecule has 0 saturated carbocycles. The van der Waals surface area contributed by atoms with E-state index >= 15 is 0 Å². The lowest BCUT2D eigenvalue weighted by Gasteiger charge is -2.11. The summed E-state index contributed by atoms with van der Waals surface area (Å²) in [7, 11) is 0. The number of hydrogen-bond acceptors (Lipinski definition) is 5. The van der Waals surface area contributed by atoms with Crippen LogP contribution in [0, 0.1) is 6.92 Å². The first-order valence-corrected chi connectivity index (χ1v) is 7.58. The summed E-state index contributed by atoms with van der Waals surface area (Å²) in [5.41, 5.74) is 8.09. The first kappa shape index (κ1) is 15.7. The Hall–Kier alpha value is -3.15. The second-order valence-electron chi connectivity index (χ2n) is 5.32. The summed E-state index contributed by atoms with van der Waals surface area (Å²) >= 11 is 0. The van der Waals surface area contributed by atoms with Gasteiger partial charge in [-0.2, -0.15) is 0 Å². The van der Waals surface area contributed by atoms with Gasteiger partial charge in [0.1, 0.15) is 0 Å². The van der Waals surface area contributed by atoms with Crippen LogP contribution >= 0.6 is 0 Å². The van der Waals surface area contributed by atoms with Gasteiger partial charge in [-0.05, 0) is 38.1 Å². The normalized spacial score (nSPS) is 10.8. The van der Waals surface area contributed by atoms with Gasteiger partial charge in [0.25, 0.3) is 5.56 Å². The third kappa shape index (κ3) is 2.62. The molecule has 3 rings (SSSR count).